The summed E-state index contributed by atoms with van der Waals surface area (Å²) in [5.74, 6) is 0.775. The lowest BCUT2D eigenvalue weighted by Gasteiger charge is -2.08. The molecule has 0 saturated heterocycles. The Morgan fingerprint density at radius 1 is 1.29 bits per heavy atom. The van der Waals surface area contributed by atoms with E-state index in [0.717, 1.165) is 11.1 Å². The molecule has 4 heteroatoms. The van der Waals surface area contributed by atoms with Gasteiger partial charge in [0.2, 0.25) is 5.88 Å². The Bertz CT molecular complexity index is 511. The Hall–Kier alpha value is -1.94. The molecule has 2 rings (SSSR count). The van der Waals surface area contributed by atoms with Crippen LogP contribution in [0.25, 0.3) is 0 Å². The number of nitrogens with two attached hydrogens (primary N) is 1. The summed E-state index contributed by atoms with van der Waals surface area (Å²) in [7, 11) is 0. The molecule has 0 amide bonds. The van der Waals surface area contributed by atoms with Crippen molar-refractivity contribution in [2.45, 2.75) is 13.5 Å². The SMILES string of the molecule is Cc1cc(CN)cnc1Oc1ccc(F)cc1. The topological polar surface area (TPSA) is 48.1 Å². The van der Waals surface area contributed by atoms with E-state index >= 15 is 0 Å². The molecule has 1 heterocycles. The van der Waals surface area contributed by atoms with Gasteiger partial charge in [-0.1, -0.05) is 0 Å². The minimum absolute atomic E-state index is 0.291. The summed E-state index contributed by atoms with van der Waals surface area (Å²) in [5.41, 5.74) is 7.37. The molecule has 0 radical (unpaired) electrons. The Kier molecular flexibility index (Phi) is 3.35. The molecular formula is C13H13FN2O. The van der Waals surface area contributed by atoms with Gasteiger partial charge in [0.05, 0.1) is 0 Å². The first kappa shape index (κ1) is 11.5. The van der Waals surface area contributed by atoms with Crippen LogP contribution in [0.2, 0.25) is 0 Å². The fraction of sp³-hybridized carbons (Fsp3) is 0.154. The van der Waals surface area contributed by atoms with E-state index in [1.54, 1.807) is 18.3 Å². The van der Waals surface area contributed by atoms with Crippen molar-refractivity contribution in [1.82, 2.24) is 4.98 Å². The highest BCUT2D eigenvalue weighted by atomic mass is 19.1. The minimum atomic E-state index is -0.291. The largest absolute Gasteiger partial charge is 0.439 e. The number of aromatic nitrogens is 1. The maximum Gasteiger partial charge on any atom is 0.222 e. The van der Waals surface area contributed by atoms with Gasteiger partial charge >= 0.3 is 0 Å². The summed E-state index contributed by atoms with van der Waals surface area (Å²) in [6, 6.07) is 7.74. The van der Waals surface area contributed by atoms with Crippen LogP contribution >= 0.6 is 0 Å². The van der Waals surface area contributed by atoms with E-state index in [0.29, 0.717) is 18.2 Å². The zero-order valence-electron chi connectivity index (χ0n) is 9.48. The quantitative estimate of drug-likeness (QED) is 0.885. The molecule has 2 N–H and O–H groups in total. The fourth-order valence-corrected chi connectivity index (χ4v) is 1.45. The van der Waals surface area contributed by atoms with Crippen molar-refractivity contribution in [3.8, 4) is 11.6 Å². The van der Waals surface area contributed by atoms with Gasteiger partial charge in [-0.2, -0.15) is 0 Å². The Labute approximate surface area is 99.1 Å². The number of hydrogen-bond acceptors (Lipinski definition) is 3. The molecule has 0 fully saturated rings. The average Bonchev–Trinajstić information content (AvgIpc) is 2.34. The molecule has 0 bridgehead atoms. The molecule has 88 valence electrons. The Morgan fingerprint density at radius 2 is 2.00 bits per heavy atom. The first-order chi connectivity index (χ1) is 8.19. The second kappa shape index (κ2) is 4.93. The number of aryl methyl sites for hydroxylation is 1. The highest BCUT2D eigenvalue weighted by Crippen LogP contribution is 2.23. The molecule has 0 unspecified atom stereocenters. The van der Waals surface area contributed by atoms with Gasteiger partial charge in [-0.3, -0.25) is 0 Å². The normalized spacial score (nSPS) is 10.3. The molecule has 1 aromatic carbocycles. The fourth-order valence-electron chi connectivity index (χ4n) is 1.45. The van der Waals surface area contributed by atoms with Crippen LogP contribution in [0, 0.1) is 12.7 Å². The molecule has 0 spiro atoms. The van der Waals surface area contributed by atoms with Crippen molar-refractivity contribution in [2.24, 2.45) is 5.73 Å². The molecule has 17 heavy (non-hydrogen) atoms. The van der Waals surface area contributed by atoms with Crippen molar-refractivity contribution >= 4 is 0 Å². The number of pyridine rings is 1. The van der Waals surface area contributed by atoms with Crippen molar-refractivity contribution in [3.05, 3.63) is 53.5 Å². The molecule has 0 atom stereocenters. The van der Waals surface area contributed by atoms with E-state index in [1.165, 1.54) is 12.1 Å². The van der Waals surface area contributed by atoms with E-state index < -0.39 is 0 Å². The zero-order chi connectivity index (χ0) is 12.3. The molecule has 0 aliphatic rings. The first-order valence-electron chi connectivity index (χ1n) is 5.28. The second-order valence-corrected chi connectivity index (χ2v) is 3.73. The number of ether oxygens (including phenoxy) is 1. The van der Waals surface area contributed by atoms with E-state index in [2.05, 4.69) is 4.98 Å². The van der Waals surface area contributed by atoms with Crippen LogP contribution < -0.4 is 10.5 Å². The van der Waals surface area contributed by atoms with Crippen molar-refractivity contribution in [1.29, 1.82) is 0 Å². The Balaban J connectivity index is 2.21. The molecule has 0 saturated carbocycles. The van der Waals surface area contributed by atoms with E-state index in [9.17, 15) is 4.39 Å². The highest BCUT2D eigenvalue weighted by molar-refractivity contribution is 5.33. The number of halogens is 1. The maximum atomic E-state index is 12.7. The van der Waals surface area contributed by atoms with E-state index in [-0.39, 0.29) is 5.82 Å². The highest BCUT2D eigenvalue weighted by Gasteiger charge is 2.04. The van der Waals surface area contributed by atoms with Gasteiger partial charge in [0, 0.05) is 18.3 Å². The Morgan fingerprint density at radius 3 is 2.59 bits per heavy atom. The zero-order valence-corrected chi connectivity index (χ0v) is 9.48. The van der Waals surface area contributed by atoms with Crippen LogP contribution in [0.15, 0.2) is 36.5 Å². The summed E-state index contributed by atoms with van der Waals surface area (Å²) < 4.78 is 18.3. The van der Waals surface area contributed by atoms with Gasteiger partial charge in [-0.25, -0.2) is 9.37 Å². The van der Waals surface area contributed by atoms with Gasteiger partial charge in [-0.05, 0) is 42.8 Å². The second-order valence-electron chi connectivity index (χ2n) is 3.73. The lowest BCUT2D eigenvalue weighted by molar-refractivity contribution is 0.457. The van der Waals surface area contributed by atoms with Crippen molar-refractivity contribution in [2.75, 3.05) is 0 Å². The molecular weight excluding hydrogens is 219 g/mol. The number of benzene rings is 1. The van der Waals surface area contributed by atoms with Crippen LogP contribution in [0.4, 0.5) is 4.39 Å². The van der Waals surface area contributed by atoms with Gasteiger partial charge in [-0.15, -0.1) is 0 Å². The van der Waals surface area contributed by atoms with Gasteiger partial charge in [0.15, 0.2) is 0 Å². The van der Waals surface area contributed by atoms with Gasteiger partial charge < -0.3 is 10.5 Å². The van der Waals surface area contributed by atoms with Crippen LogP contribution in [0.5, 0.6) is 11.6 Å². The first-order valence-corrected chi connectivity index (χ1v) is 5.28. The van der Waals surface area contributed by atoms with Crippen LogP contribution in [-0.4, -0.2) is 4.98 Å². The van der Waals surface area contributed by atoms with E-state index in [1.807, 2.05) is 13.0 Å². The molecule has 3 nitrogen and oxygen atoms in total. The standard InChI is InChI=1S/C13H13FN2O/c1-9-6-10(7-15)8-16-13(9)17-12-4-2-11(14)3-5-12/h2-6,8H,7,15H2,1H3. The summed E-state index contributed by atoms with van der Waals surface area (Å²) in [4.78, 5) is 4.17. The minimum Gasteiger partial charge on any atom is -0.439 e. The predicted octanol–water partition coefficient (Wildman–Crippen LogP) is 2.78. The summed E-state index contributed by atoms with van der Waals surface area (Å²) in [6.07, 6.45) is 1.67. The van der Waals surface area contributed by atoms with Gasteiger partial charge in [0.25, 0.3) is 0 Å². The number of hydrogen-bond donors (Lipinski definition) is 1. The smallest absolute Gasteiger partial charge is 0.222 e. The molecule has 1 aromatic heterocycles. The molecule has 0 aliphatic carbocycles. The third-order valence-electron chi connectivity index (χ3n) is 2.35. The average molecular weight is 232 g/mol. The molecule has 0 aliphatic heterocycles. The van der Waals surface area contributed by atoms with Crippen molar-refractivity contribution < 1.29 is 9.13 Å². The number of rotatable bonds is 3. The van der Waals surface area contributed by atoms with Crippen LogP contribution in [0.1, 0.15) is 11.1 Å². The summed E-state index contributed by atoms with van der Waals surface area (Å²) >= 11 is 0. The summed E-state index contributed by atoms with van der Waals surface area (Å²) in [6.45, 7) is 2.34. The lowest BCUT2D eigenvalue weighted by atomic mass is 10.2. The predicted molar refractivity (Wildman–Crippen MR) is 63.3 cm³/mol. The summed E-state index contributed by atoms with van der Waals surface area (Å²) in [5, 5.41) is 0. The third-order valence-corrected chi connectivity index (χ3v) is 2.35. The van der Waals surface area contributed by atoms with Crippen LogP contribution in [-0.2, 0) is 6.54 Å². The van der Waals surface area contributed by atoms with E-state index in [4.69, 9.17) is 10.5 Å². The third kappa shape index (κ3) is 2.79. The van der Waals surface area contributed by atoms with Crippen molar-refractivity contribution in [3.63, 3.8) is 0 Å². The maximum absolute atomic E-state index is 12.7. The van der Waals surface area contributed by atoms with Gasteiger partial charge in [0.1, 0.15) is 11.6 Å². The lowest BCUT2D eigenvalue weighted by Crippen LogP contribution is -1.99. The van der Waals surface area contributed by atoms with Crippen LogP contribution in [0.3, 0.4) is 0 Å². The molecule has 2 aromatic rings. The monoisotopic (exact) mass is 232 g/mol. The number of nitrogens with zero attached hydrogens (tertiary/aromatic N) is 1.